The standard InChI is InChI=1S/C13H25N3S/c1-9(2)16(10(3)4)8-7-14-13-15-11(5)12(6)17-13/h9-10H,7-8H2,1-6H3,(H,14,15). The van der Waals surface area contributed by atoms with E-state index in [1.165, 1.54) is 4.88 Å². The van der Waals surface area contributed by atoms with Crippen molar-refractivity contribution in [3.8, 4) is 0 Å². The molecule has 0 aromatic carbocycles. The summed E-state index contributed by atoms with van der Waals surface area (Å²) in [6.07, 6.45) is 0. The number of rotatable bonds is 6. The number of aryl methyl sites for hydroxylation is 2. The zero-order valence-electron chi connectivity index (χ0n) is 11.9. The van der Waals surface area contributed by atoms with E-state index in [4.69, 9.17) is 0 Å². The Morgan fingerprint density at radius 2 is 1.76 bits per heavy atom. The zero-order valence-corrected chi connectivity index (χ0v) is 12.7. The number of thiazole rings is 1. The lowest BCUT2D eigenvalue weighted by molar-refractivity contribution is 0.182. The molecule has 0 amide bonds. The van der Waals surface area contributed by atoms with Crippen LogP contribution >= 0.6 is 11.3 Å². The fraction of sp³-hybridized carbons (Fsp3) is 0.769. The Hall–Kier alpha value is -0.610. The van der Waals surface area contributed by atoms with Gasteiger partial charge >= 0.3 is 0 Å². The van der Waals surface area contributed by atoms with Crippen LogP contribution in [0.25, 0.3) is 0 Å². The molecule has 0 radical (unpaired) electrons. The minimum Gasteiger partial charge on any atom is -0.360 e. The number of anilines is 1. The van der Waals surface area contributed by atoms with E-state index in [1.807, 2.05) is 0 Å². The molecule has 1 aromatic rings. The van der Waals surface area contributed by atoms with Crippen molar-refractivity contribution in [2.75, 3.05) is 18.4 Å². The number of hydrogen-bond donors (Lipinski definition) is 1. The lowest BCUT2D eigenvalue weighted by Crippen LogP contribution is -2.40. The second kappa shape index (κ2) is 6.36. The van der Waals surface area contributed by atoms with Gasteiger partial charge in [-0.15, -0.1) is 11.3 Å². The van der Waals surface area contributed by atoms with Crippen molar-refractivity contribution >= 4 is 16.5 Å². The van der Waals surface area contributed by atoms with Crippen molar-refractivity contribution in [1.29, 1.82) is 0 Å². The summed E-state index contributed by atoms with van der Waals surface area (Å²) < 4.78 is 0. The van der Waals surface area contributed by atoms with Crippen molar-refractivity contribution < 1.29 is 0 Å². The van der Waals surface area contributed by atoms with Crippen LogP contribution < -0.4 is 5.32 Å². The molecule has 0 saturated heterocycles. The van der Waals surface area contributed by atoms with Crippen LogP contribution in [0.4, 0.5) is 5.13 Å². The fourth-order valence-electron chi connectivity index (χ4n) is 1.95. The number of hydrogen-bond acceptors (Lipinski definition) is 4. The summed E-state index contributed by atoms with van der Waals surface area (Å²) in [6.45, 7) is 15.2. The predicted octanol–water partition coefficient (Wildman–Crippen LogP) is 3.29. The maximum absolute atomic E-state index is 4.49. The summed E-state index contributed by atoms with van der Waals surface area (Å²) >= 11 is 1.74. The van der Waals surface area contributed by atoms with Gasteiger partial charge in [-0.3, -0.25) is 4.90 Å². The molecular formula is C13H25N3S. The third-order valence-electron chi connectivity index (χ3n) is 3.00. The highest BCUT2D eigenvalue weighted by Gasteiger charge is 2.12. The van der Waals surface area contributed by atoms with E-state index in [0.29, 0.717) is 12.1 Å². The normalized spacial score (nSPS) is 11.8. The molecule has 0 aliphatic carbocycles. The molecule has 0 fully saturated rings. The minimum absolute atomic E-state index is 0.594. The molecule has 0 atom stereocenters. The Bertz CT molecular complexity index is 317. The van der Waals surface area contributed by atoms with Crippen LogP contribution in [0.3, 0.4) is 0 Å². The quantitative estimate of drug-likeness (QED) is 0.845. The Balaban J connectivity index is 2.41. The molecule has 1 aromatic heterocycles. The van der Waals surface area contributed by atoms with Crippen LogP contribution in [0.1, 0.15) is 38.3 Å². The molecule has 0 saturated carbocycles. The third-order valence-corrected chi connectivity index (χ3v) is 4.03. The Morgan fingerprint density at radius 3 is 2.18 bits per heavy atom. The smallest absolute Gasteiger partial charge is 0.183 e. The lowest BCUT2D eigenvalue weighted by atomic mass is 10.2. The van der Waals surface area contributed by atoms with Gasteiger partial charge in [-0.25, -0.2) is 4.98 Å². The highest BCUT2D eigenvalue weighted by atomic mass is 32.1. The van der Waals surface area contributed by atoms with Gasteiger partial charge in [0.05, 0.1) is 5.69 Å². The summed E-state index contributed by atoms with van der Waals surface area (Å²) in [7, 11) is 0. The van der Waals surface area contributed by atoms with Crippen molar-refractivity contribution in [2.45, 2.75) is 53.6 Å². The summed E-state index contributed by atoms with van der Waals surface area (Å²) in [5.74, 6) is 0. The van der Waals surface area contributed by atoms with Gasteiger partial charge in [0.2, 0.25) is 0 Å². The van der Waals surface area contributed by atoms with Crippen LogP contribution in [0.5, 0.6) is 0 Å². The summed E-state index contributed by atoms with van der Waals surface area (Å²) in [4.78, 5) is 8.27. The van der Waals surface area contributed by atoms with Gasteiger partial charge in [-0.05, 0) is 41.5 Å². The Kier molecular flexibility index (Phi) is 5.40. The van der Waals surface area contributed by atoms with E-state index in [9.17, 15) is 0 Å². The molecule has 0 bridgehead atoms. The van der Waals surface area contributed by atoms with Crippen LogP contribution in [0.2, 0.25) is 0 Å². The van der Waals surface area contributed by atoms with Crippen LogP contribution in [-0.2, 0) is 0 Å². The van der Waals surface area contributed by atoms with E-state index < -0.39 is 0 Å². The molecule has 98 valence electrons. The van der Waals surface area contributed by atoms with E-state index in [1.54, 1.807) is 11.3 Å². The highest BCUT2D eigenvalue weighted by Crippen LogP contribution is 2.20. The summed E-state index contributed by atoms with van der Waals surface area (Å²) in [6, 6.07) is 1.19. The van der Waals surface area contributed by atoms with E-state index >= 15 is 0 Å². The molecule has 17 heavy (non-hydrogen) atoms. The first-order valence-electron chi connectivity index (χ1n) is 6.35. The largest absolute Gasteiger partial charge is 0.360 e. The van der Waals surface area contributed by atoms with Crippen molar-refractivity contribution in [3.63, 3.8) is 0 Å². The molecule has 3 nitrogen and oxygen atoms in total. The van der Waals surface area contributed by atoms with Gasteiger partial charge in [0, 0.05) is 30.1 Å². The van der Waals surface area contributed by atoms with Gasteiger partial charge in [0.1, 0.15) is 0 Å². The van der Waals surface area contributed by atoms with Gasteiger partial charge in [0.15, 0.2) is 5.13 Å². The zero-order chi connectivity index (χ0) is 13.0. The highest BCUT2D eigenvalue weighted by molar-refractivity contribution is 7.15. The van der Waals surface area contributed by atoms with E-state index in [0.717, 1.165) is 23.9 Å². The average Bonchev–Trinajstić information content (AvgIpc) is 2.52. The average molecular weight is 255 g/mol. The summed E-state index contributed by atoms with van der Waals surface area (Å²) in [5, 5.41) is 4.46. The molecule has 1 N–H and O–H groups in total. The van der Waals surface area contributed by atoms with Crippen molar-refractivity contribution in [2.24, 2.45) is 0 Å². The predicted molar refractivity (Wildman–Crippen MR) is 77.1 cm³/mol. The van der Waals surface area contributed by atoms with Gasteiger partial charge in [-0.1, -0.05) is 0 Å². The molecule has 1 heterocycles. The molecular weight excluding hydrogens is 230 g/mol. The second-order valence-electron chi connectivity index (χ2n) is 5.01. The van der Waals surface area contributed by atoms with Gasteiger partial charge in [0.25, 0.3) is 0 Å². The van der Waals surface area contributed by atoms with Crippen LogP contribution in [0.15, 0.2) is 0 Å². The monoisotopic (exact) mass is 255 g/mol. The molecule has 1 rings (SSSR count). The third kappa shape index (κ3) is 4.28. The van der Waals surface area contributed by atoms with Gasteiger partial charge < -0.3 is 5.32 Å². The van der Waals surface area contributed by atoms with E-state index in [-0.39, 0.29) is 0 Å². The molecule has 0 unspecified atom stereocenters. The number of nitrogens with one attached hydrogen (secondary N) is 1. The second-order valence-corrected chi connectivity index (χ2v) is 6.22. The molecule has 0 aliphatic heterocycles. The SMILES string of the molecule is Cc1nc(NCCN(C(C)C)C(C)C)sc1C. The number of aromatic nitrogens is 1. The number of nitrogens with zero attached hydrogens (tertiary/aromatic N) is 2. The fourth-order valence-corrected chi connectivity index (χ4v) is 2.79. The molecule has 0 aliphatic rings. The lowest BCUT2D eigenvalue weighted by Gasteiger charge is -2.30. The van der Waals surface area contributed by atoms with Crippen molar-refractivity contribution in [1.82, 2.24) is 9.88 Å². The Morgan fingerprint density at radius 1 is 1.18 bits per heavy atom. The molecule has 4 heteroatoms. The summed E-state index contributed by atoms with van der Waals surface area (Å²) in [5.41, 5.74) is 1.14. The van der Waals surface area contributed by atoms with Crippen molar-refractivity contribution in [3.05, 3.63) is 10.6 Å². The Labute approximate surface area is 109 Å². The first-order valence-corrected chi connectivity index (χ1v) is 7.17. The topological polar surface area (TPSA) is 28.2 Å². The maximum Gasteiger partial charge on any atom is 0.183 e. The molecule has 0 spiro atoms. The van der Waals surface area contributed by atoms with Crippen LogP contribution in [0, 0.1) is 13.8 Å². The van der Waals surface area contributed by atoms with E-state index in [2.05, 4.69) is 56.7 Å². The van der Waals surface area contributed by atoms with Gasteiger partial charge in [-0.2, -0.15) is 0 Å². The first kappa shape index (κ1) is 14.5. The first-order chi connectivity index (χ1) is 7.91. The minimum atomic E-state index is 0.594. The maximum atomic E-state index is 4.49. The van der Waals surface area contributed by atoms with Crippen LogP contribution in [-0.4, -0.2) is 35.1 Å².